The number of rotatable bonds is 2. The molecule has 0 spiro atoms. The molecule has 3 atom stereocenters. The van der Waals surface area contributed by atoms with Gasteiger partial charge in [0, 0.05) is 0 Å². The Morgan fingerprint density at radius 2 is 2.21 bits per heavy atom. The highest BCUT2D eigenvalue weighted by Crippen LogP contribution is 2.44. The van der Waals surface area contributed by atoms with E-state index in [1.807, 2.05) is 6.92 Å². The second kappa shape index (κ2) is 4.01. The lowest BCUT2D eigenvalue weighted by Crippen LogP contribution is -2.15. The molecule has 2 aromatic heterocycles. The smallest absolute Gasteiger partial charge is 0.270 e. The average Bonchev–Trinajstić information content (AvgIpc) is 3.11. The van der Waals surface area contributed by atoms with Crippen molar-refractivity contribution in [1.82, 2.24) is 15.1 Å². The maximum Gasteiger partial charge on any atom is 0.270 e. The molecular weight excluding hydrogens is 264 g/mol. The molecule has 2 aliphatic heterocycles. The quantitative estimate of drug-likeness (QED) is 0.905. The van der Waals surface area contributed by atoms with Gasteiger partial charge in [-0.2, -0.15) is 4.98 Å². The van der Waals surface area contributed by atoms with E-state index < -0.39 is 0 Å². The number of thiazole rings is 1. The van der Waals surface area contributed by atoms with Crippen molar-refractivity contribution in [3.63, 3.8) is 0 Å². The van der Waals surface area contributed by atoms with Gasteiger partial charge in [-0.3, -0.25) is 0 Å². The Morgan fingerprint density at radius 1 is 1.32 bits per heavy atom. The van der Waals surface area contributed by atoms with Gasteiger partial charge < -0.3 is 15.0 Å². The Bertz CT molecular complexity index is 623. The zero-order valence-electron chi connectivity index (χ0n) is 10.5. The van der Waals surface area contributed by atoms with E-state index in [1.54, 1.807) is 0 Å². The largest absolute Gasteiger partial charge is 0.375 e. The molecule has 2 aromatic rings. The van der Waals surface area contributed by atoms with Crippen LogP contribution in [0.4, 0.5) is 5.13 Å². The molecule has 100 valence electrons. The summed E-state index contributed by atoms with van der Waals surface area (Å²) in [5.74, 6) is 1.56. The minimum absolute atomic E-state index is 0.267. The Hall–Kier alpha value is -1.47. The third-order valence-electron chi connectivity index (χ3n) is 3.89. The van der Waals surface area contributed by atoms with Crippen LogP contribution in [0.2, 0.25) is 0 Å². The molecule has 3 unspecified atom stereocenters. The van der Waals surface area contributed by atoms with E-state index in [0.29, 0.717) is 17.1 Å². The van der Waals surface area contributed by atoms with E-state index in [0.717, 1.165) is 35.7 Å². The van der Waals surface area contributed by atoms with Crippen molar-refractivity contribution in [2.24, 2.45) is 0 Å². The molecule has 2 fully saturated rings. The van der Waals surface area contributed by atoms with Gasteiger partial charge in [-0.05, 0) is 26.2 Å². The topological polar surface area (TPSA) is 87.1 Å². The van der Waals surface area contributed by atoms with E-state index in [9.17, 15) is 0 Å². The molecule has 2 N–H and O–H groups in total. The van der Waals surface area contributed by atoms with Gasteiger partial charge in [0.25, 0.3) is 5.89 Å². The van der Waals surface area contributed by atoms with E-state index in [2.05, 4.69) is 15.1 Å². The highest BCUT2D eigenvalue weighted by Gasteiger charge is 2.43. The van der Waals surface area contributed by atoms with E-state index in [1.165, 1.54) is 11.3 Å². The zero-order chi connectivity index (χ0) is 13.0. The molecule has 0 amide bonds. The third-order valence-corrected chi connectivity index (χ3v) is 4.86. The van der Waals surface area contributed by atoms with Crippen LogP contribution in [0, 0.1) is 6.92 Å². The maximum atomic E-state index is 5.83. The van der Waals surface area contributed by atoms with Gasteiger partial charge in [-0.15, -0.1) is 0 Å². The average molecular weight is 278 g/mol. The molecule has 0 aromatic carbocycles. The fourth-order valence-electron chi connectivity index (χ4n) is 3.00. The fraction of sp³-hybridized carbons (Fsp3) is 0.583. The van der Waals surface area contributed by atoms with E-state index in [-0.39, 0.29) is 12.0 Å². The SMILES string of the molecule is Cc1nc(N)sc1-c1nc(C2CC3CCC2O3)no1. The summed E-state index contributed by atoms with van der Waals surface area (Å²) in [4.78, 5) is 9.55. The van der Waals surface area contributed by atoms with E-state index in [4.69, 9.17) is 15.0 Å². The van der Waals surface area contributed by atoms with Crippen LogP contribution >= 0.6 is 11.3 Å². The number of ether oxygens (including phenoxy) is 1. The highest BCUT2D eigenvalue weighted by molar-refractivity contribution is 7.18. The number of nitrogens with two attached hydrogens (primary N) is 1. The summed E-state index contributed by atoms with van der Waals surface area (Å²) in [6.45, 7) is 1.90. The molecule has 2 aliphatic rings. The van der Waals surface area contributed by atoms with Gasteiger partial charge in [0.05, 0.1) is 23.8 Å². The van der Waals surface area contributed by atoms with Gasteiger partial charge in [0.15, 0.2) is 11.0 Å². The van der Waals surface area contributed by atoms with Crippen LogP contribution in [-0.4, -0.2) is 27.3 Å². The number of anilines is 1. The minimum Gasteiger partial charge on any atom is -0.375 e. The first-order valence-corrected chi connectivity index (χ1v) is 7.24. The van der Waals surface area contributed by atoms with Crippen molar-refractivity contribution < 1.29 is 9.26 Å². The lowest BCUT2D eigenvalue weighted by molar-refractivity contribution is 0.0996. The van der Waals surface area contributed by atoms with Crippen LogP contribution in [0.3, 0.4) is 0 Å². The highest BCUT2D eigenvalue weighted by atomic mass is 32.1. The minimum atomic E-state index is 0.267. The number of nitrogens with zero attached hydrogens (tertiary/aromatic N) is 3. The van der Waals surface area contributed by atoms with Crippen LogP contribution in [0.25, 0.3) is 10.8 Å². The van der Waals surface area contributed by atoms with Gasteiger partial charge in [-0.1, -0.05) is 16.5 Å². The summed E-state index contributed by atoms with van der Waals surface area (Å²) in [6, 6.07) is 0. The normalized spacial score (nSPS) is 29.2. The first kappa shape index (κ1) is 11.4. The summed E-state index contributed by atoms with van der Waals surface area (Å²) in [7, 11) is 0. The van der Waals surface area contributed by atoms with Crippen LogP contribution in [0.1, 0.15) is 36.7 Å². The Morgan fingerprint density at radius 3 is 2.84 bits per heavy atom. The number of fused-ring (bicyclic) bond motifs is 2. The molecule has 4 heterocycles. The summed E-state index contributed by atoms with van der Waals surface area (Å²) in [5.41, 5.74) is 6.53. The van der Waals surface area contributed by atoms with Crippen molar-refractivity contribution in [2.45, 2.75) is 44.3 Å². The fourth-order valence-corrected chi connectivity index (χ4v) is 3.76. The number of hydrogen-bond acceptors (Lipinski definition) is 7. The van der Waals surface area contributed by atoms with Crippen molar-refractivity contribution >= 4 is 16.5 Å². The van der Waals surface area contributed by atoms with Gasteiger partial charge in [-0.25, -0.2) is 4.98 Å². The summed E-state index contributed by atoms with van der Waals surface area (Å²) >= 11 is 1.38. The van der Waals surface area contributed by atoms with Crippen molar-refractivity contribution in [1.29, 1.82) is 0 Å². The number of aromatic nitrogens is 3. The molecule has 2 saturated heterocycles. The van der Waals surface area contributed by atoms with Crippen molar-refractivity contribution in [3.05, 3.63) is 11.5 Å². The monoisotopic (exact) mass is 278 g/mol. The molecule has 0 radical (unpaired) electrons. The molecule has 6 nitrogen and oxygen atoms in total. The third kappa shape index (κ3) is 1.76. The molecule has 19 heavy (non-hydrogen) atoms. The summed E-state index contributed by atoms with van der Waals surface area (Å²) < 4.78 is 11.2. The lowest BCUT2D eigenvalue weighted by Gasteiger charge is -2.13. The Kier molecular flexibility index (Phi) is 2.40. The van der Waals surface area contributed by atoms with Crippen molar-refractivity contribution in [2.75, 3.05) is 5.73 Å². The second-order valence-electron chi connectivity index (χ2n) is 5.14. The summed E-state index contributed by atoms with van der Waals surface area (Å²) in [5, 5.41) is 4.64. The molecule has 7 heteroatoms. The number of nitrogen functional groups attached to an aromatic ring is 1. The first-order valence-electron chi connectivity index (χ1n) is 6.43. The lowest BCUT2D eigenvalue weighted by atomic mass is 9.89. The van der Waals surface area contributed by atoms with Crippen LogP contribution in [-0.2, 0) is 4.74 Å². The predicted molar refractivity (Wildman–Crippen MR) is 69.8 cm³/mol. The van der Waals surface area contributed by atoms with Crippen LogP contribution in [0.5, 0.6) is 0 Å². The van der Waals surface area contributed by atoms with Gasteiger partial charge in [0.2, 0.25) is 0 Å². The van der Waals surface area contributed by atoms with Gasteiger partial charge in [0.1, 0.15) is 4.88 Å². The molecule has 2 bridgehead atoms. The standard InChI is InChI=1S/C12H14N4O2S/c1-5-9(19-12(13)14-5)11-15-10(16-18-11)7-4-6-2-3-8(7)17-6/h6-8H,2-4H2,1H3,(H2,13,14). The summed E-state index contributed by atoms with van der Waals surface area (Å²) in [6.07, 6.45) is 3.93. The predicted octanol–water partition coefficient (Wildman–Crippen LogP) is 2.12. The molecule has 4 rings (SSSR count). The van der Waals surface area contributed by atoms with Crippen LogP contribution in [0.15, 0.2) is 4.52 Å². The zero-order valence-corrected chi connectivity index (χ0v) is 11.3. The number of hydrogen-bond donors (Lipinski definition) is 1. The van der Waals surface area contributed by atoms with E-state index >= 15 is 0 Å². The number of aryl methyl sites for hydroxylation is 1. The first-order chi connectivity index (χ1) is 9.20. The van der Waals surface area contributed by atoms with Crippen molar-refractivity contribution in [3.8, 4) is 10.8 Å². The second-order valence-corrected chi connectivity index (χ2v) is 6.17. The molecule has 0 aliphatic carbocycles. The molecular formula is C12H14N4O2S. The maximum absolute atomic E-state index is 5.83. The Labute approximate surface area is 114 Å². The molecule has 0 saturated carbocycles. The van der Waals surface area contributed by atoms with Gasteiger partial charge >= 0.3 is 0 Å². The van der Waals surface area contributed by atoms with Crippen LogP contribution < -0.4 is 5.73 Å². The Balaban J connectivity index is 1.65.